The molecule has 0 amide bonds. The number of hydrogen-bond acceptors (Lipinski definition) is 7. The molecule has 0 saturated heterocycles. The van der Waals surface area contributed by atoms with Gasteiger partial charge in [-0.1, -0.05) is 30.3 Å². The smallest absolute Gasteiger partial charge is 0.263 e. The van der Waals surface area contributed by atoms with E-state index < -0.39 is 0 Å². The minimum Gasteiger partial charge on any atom is -0.480 e. The van der Waals surface area contributed by atoms with Crippen LogP contribution in [-0.2, 0) is 0 Å². The highest BCUT2D eigenvalue weighted by molar-refractivity contribution is 5.57. The van der Waals surface area contributed by atoms with E-state index in [0.29, 0.717) is 17.5 Å². The first-order valence-electron chi connectivity index (χ1n) is 6.12. The van der Waals surface area contributed by atoms with Gasteiger partial charge in [-0.25, -0.2) is 4.98 Å². The van der Waals surface area contributed by atoms with E-state index in [1.165, 1.54) is 25.1 Å². The van der Waals surface area contributed by atoms with Crippen molar-refractivity contribution < 1.29 is 9.47 Å². The molecule has 0 radical (unpaired) electrons. The molecule has 2 aromatic heterocycles. The average molecular weight is 284 g/mol. The summed E-state index contributed by atoms with van der Waals surface area (Å²) in [6.07, 6.45) is 1.48. The van der Waals surface area contributed by atoms with Crippen molar-refractivity contribution in [1.82, 2.24) is 30.2 Å². The van der Waals surface area contributed by atoms with Crippen LogP contribution in [0.4, 0.5) is 0 Å². The van der Waals surface area contributed by atoms with Gasteiger partial charge in [-0.3, -0.25) is 0 Å². The van der Waals surface area contributed by atoms with Gasteiger partial charge in [0.2, 0.25) is 11.7 Å². The van der Waals surface area contributed by atoms with E-state index in [1.807, 2.05) is 30.3 Å². The molecule has 8 nitrogen and oxygen atoms in total. The number of aromatic nitrogens is 6. The van der Waals surface area contributed by atoms with E-state index in [2.05, 4.69) is 25.5 Å². The zero-order chi connectivity index (χ0) is 14.7. The third-order valence-electron chi connectivity index (χ3n) is 2.80. The van der Waals surface area contributed by atoms with Gasteiger partial charge in [0.05, 0.1) is 20.4 Å². The predicted molar refractivity (Wildman–Crippen MR) is 73.3 cm³/mol. The van der Waals surface area contributed by atoms with E-state index in [4.69, 9.17) is 9.47 Å². The van der Waals surface area contributed by atoms with E-state index in [9.17, 15) is 0 Å². The lowest BCUT2D eigenvalue weighted by atomic mass is 10.2. The van der Waals surface area contributed by atoms with Crippen LogP contribution in [0.25, 0.3) is 17.2 Å². The zero-order valence-corrected chi connectivity index (χ0v) is 11.5. The molecular weight excluding hydrogens is 272 g/mol. The first-order chi connectivity index (χ1) is 10.3. The summed E-state index contributed by atoms with van der Waals surface area (Å²) in [5, 5.41) is 11.7. The van der Waals surface area contributed by atoms with Gasteiger partial charge in [0.25, 0.3) is 5.88 Å². The fourth-order valence-corrected chi connectivity index (χ4v) is 1.83. The van der Waals surface area contributed by atoms with Crippen LogP contribution in [0, 0.1) is 0 Å². The Morgan fingerprint density at radius 1 is 1.05 bits per heavy atom. The normalized spacial score (nSPS) is 10.4. The molecule has 0 spiro atoms. The van der Waals surface area contributed by atoms with Crippen molar-refractivity contribution in [2.45, 2.75) is 0 Å². The highest BCUT2D eigenvalue weighted by atomic mass is 16.5. The topological polar surface area (TPSA) is 87.8 Å². The number of nitrogens with zero attached hydrogens (tertiary/aromatic N) is 6. The monoisotopic (exact) mass is 284 g/mol. The van der Waals surface area contributed by atoms with Crippen LogP contribution >= 0.6 is 0 Å². The van der Waals surface area contributed by atoms with Gasteiger partial charge in [-0.15, -0.1) is 5.10 Å². The second-order valence-electron chi connectivity index (χ2n) is 4.03. The average Bonchev–Trinajstić information content (AvgIpc) is 3.04. The molecule has 106 valence electrons. The maximum atomic E-state index is 5.23. The molecule has 0 aliphatic heterocycles. The fourth-order valence-electron chi connectivity index (χ4n) is 1.83. The van der Waals surface area contributed by atoms with E-state index in [1.54, 1.807) is 0 Å². The van der Waals surface area contributed by atoms with Crippen LogP contribution in [0.15, 0.2) is 36.5 Å². The first-order valence-corrected chi connectivity index (χ1v) is 6.12. The van der Waals surface area contributed by atoms with Crippen LogP contribution in [0.5, 0.6) is 11.8 Å². The summed E-state index contributed by atoms with van der Waals surface area (Å²) >= 11 is 0. The minimum absolute atomic E-state index is 0.277. The molecule has 0 unspecified atom stereocenters. The van der Waals surface area contributed by atoms with Crippen LogP contribution < -0.4 is 9.47 Å². The van der Waals surface area contributed by atoms with Crippen LogP contribution in [-0.4, -0.2) is 44.4 Å². The Labute approximate surface area is 120 Å². The molecule has 0 aliphatic rings. The number of benzene rings is 1. The maximum absolute atomic E-state index is 5.23. The molecular formula is C13H12N6O2. The second-order valence-corrected chi connectivity index (χ2v) is 4.03. The summed E-state index contributed by atoms with van der Waals surface area (Å²) in [5.74, 6) is 1.57. The minimum atomic E-state index is 0.277. The number of hydrogen-bond donors (Lipinski definition) is 0. The van der Waals surface area contributed by atoms with Gasteiger partial charge in [-0.05, 0) is 10.4 Å². The Morgan fingerprint density at radius 2 is 1.86 bits per heavy atom. The molecule has 0 bridgehead atoms. The highest BCUT2D eigenvalue weighted by Crippen LogP contribution is 2.24. The molecule has 0 atom stereocenters. The summed E-state index contributed by atoms with van der Waals surface area (Å²) in [7, 11) is 3.01. The van der Waals surface area contributed by atoms with Gasteiger partial charge in [0, 0.05) is 5.56 Å². The molecule has 1 aromatic carbocycles. The van der Waals surface area contributed by atoms with Crippen molar-refractivity contribution in [2.75, 3.05) is 14.2 Å². The van der Waals surface area contributed by atoms with Crippen molar-refractivity contribution in [3.05, 3.63) is 36.5 Å². The lowest BCUT2D eigenvalue weighted by molar-refractivity contribution is 0.358. The largest absolute Gasteiger partial charge is 0.480 e. The first kappa shape index (κ1) is 13.0. The van der Waals surface area contributed by atoms with Crippen molar-refractivity contribution in [2.24, 2.45) is 0 Å². The van der Waals surface area contributed by atoms with Crippen LogP contribution in [0.1, 0.15) is 0 Å². The summed E-state index contributed by atoms with van der Waals surface area (Å²) in [6, 6.07) is 9.55. The highest BCUT2D eigenvalue weighted by Gasteiger charge is 2.17. The van der Waals surface area contributed by atoms with Gasteiger partial charge in [0.1, 0.15) is 0 Å². The summed E-state index contributed by atoms with van der Waals surface area (Å²) in [5.41, 5.74) is 0.863. The van der Waals surface area contributed by atoms with Gasteiger partial charge in [-0.2, -0.15) is 9.67 Å². The Morgan fingerprint density at radius 3 is 2.57 bits per heavy atom. The second kappa shape index (κ2) is 5.53. The number of tetrazole rings is 1. The molecule has 0 fully saturated rings. The molecule has 3 aromatic rings. The van der Waals surface area contributed by atoms with E-state index >= 15 is 0 Å². The lowest BCUT2D eigenvalue weighted by Crippen LogP contribution is -2.07. The molecule has 3 rings (SSSR count). The Kier molecular flexibility index (Phi) is 3.42. The van der Waals surface area contributed by atoms with Crippen molar-refractivity contribution >= 4 is 0 Å². The molecule has 2 heterocycles. The zero-order valence-electron chi connectivity index (χ0n) is 11.5. The molecule has 0 aliphatic carbocycles. The van der Waals surface area contributed by atoms with Crippen LogP contribution in [0.2, 0.25) is 0 Å². The van der Waals surface area contributed by atoms with E-state index in [0.717, 1.165) is 5.56 Å². The predicted octanol–water partition coefficient (Wildman–Crippen LogP) is 1.14. The molecule has 21 heavy (non-hydrogen) atoms. The fraction of sp³-hybridized carbons (Fsp3) is 0.154. The van der Waals surface area contributed by atoms with Crippen molar-refractivity contribution in [1.29, 1.82) is 0 Å². The van der Waals surface area contributed by atoms with Gasteiger partial charge < -0.3 is 9.47 Å². The summed E-state index contributed by atoms with van der Waals surface area (Å²) in [6.45, 7) is 0. The standard InChI is InChI=1S/C13H12N6O2/c1-20-10-8-14-12(13(15-10)21-2)19-11(16-17-18-19)9-6-4-3-5-7-9/h3-8H,1-2H3. The number of ether oxygens (including phenoxy) is 2. The quantitative estimate of drug-likeness (QED) is 0.709. The molecule has 0 N–H and O–H groups in total. The third kappa shape index (κ3) is 2.38. The lowest BCUT2D eigenvalue weighted by Gasteiger charge is -2.08. The third-order valence-corrected chi connectivity index (χ3v) is 2.80. The van der Waals surface area contributed by atoms with E-state index in [-0.39, 0.29) is 5.88 Å². The number of rotatable bonds is 4. The summed E-state index contributed by atoms with van der Waals surface area (Å²) in [4.78, 5) is 8.43. The molecule has 8 heteroatoms. The van der Waals surface area contributed by atoms with Gasteiger partial charge >= 0.3 is 0 Å². The molecule has 0 saturated carbocycles. The van der Waals surface area contributed by atoms with Crippen molar-refractivity contribution in [3.63, 3.8) is 0 Å². The summed E-state index contributed by atoms with van der Waals surface area (Å²) < 4.78 is 11.7. The van der Waals surface area contributed by atoms with Gasteiger partial charge in [0.15, 0.2) is 5.82 Å². The maximum Gasteiger partial charge on any atom is 0.263 e. The van der Waals surface area contributed by atoms with Crippen LogP contribution in [0.3, 0.4) is 0 Å². The Bertz CT molecular complexity index is 743. The number of methoxy groups -OCH3 is 2. The Hall–Kier alpha value is -3.03. The Balaban J connectivity index is 2.12. The van der Waals surface area contributed by atoms with Crippen molar-refractivity contribution in [3.8, 4) is 29.0 Å². The SMILES string of the molecule is COc1cnc(-n2nnnc2-c2ccccc2)c(OC)n1.